The highest BCUT2D eigenvalue weighted by molar-refractivity contribution is 5.90. The Bertz CT molecular complexity index is 645. The van der Waals surface area contributed by atoms with E-state index in [1.807, 2.05) is 23.1 Å². The molecule has 2 bridgehead atoms. The fourth-order valence-electron chi connectivity index (χ4n) is 4.95. The minimum Gasteiger partial charge on any atom is -0.391 e. The van der Waals surface area contributed by atoms with E-state index in [4.69, 9.17) is 0 Å². The van der Waals surface area contributed by atoms with Crippen molar-refractivity contribution in [2.75, 3.05) is 23.8 Å². The van der Waals surface area contributed by atoms with Crippen molar-refractivity contribution < 1.29 is 9.90 Å². The summed E-state index contributed by atoms with van der Waals surface area (Å²) in [4.78, 5) is 16.8. The summed E-state index contributed by atoms with van der Waals surface area (Å²) in [6, 6.07) is 8.31. The molecule has 4 rings (SSSR count). The molecule has 5 nitrogen and oxygen atoms in total. The number of fused-ring (bicyclic) bond motifs is 1. The van der Waals surface area contributed by atoms with Gasteiger partial charge in [0.2, 0.25) is 0 Å². The highest BCUT2D eigenvalue weighted by Crippen LogP contribution is 2.54. The molecule has 1 aliphatic heterocycles. The van der Waals surface area contributed by atoms with Crippen molar-refractivity contribution in [2.24, 2.45) is 17.8 Å². The molecule has 0 radical (unpaired) electrons. The van der Waals surface area contributed by atoms with Gasteiger partial charge < -0.3 is 20.2 Å². The number of anilines is 2. The summed E-state index contributed by atoms with van der Waals surface area (Å²) in [5.41, 5.74) is 1.90. The molecule has 5 heteroatoms. The van der Waals surface area contributed by atoms with Crippen LogP contribution in [0.5, 0.6) is 0 Å². The van der Waals surface area contributed by atoms with Crippen molar-refractivity contribution in [3.8, 4) is 0 Å². The first kappa shape index (κ1) is 15.8. The standard InChI is InChI=1S/C19H27N3O2/c1-11(2)21(3)15-6-4-5-14(9-15)20-19(24)22-10-13-7-12-8-16(13)17(22)18(12)23/h4-6,9,11-13,16-18,23H,7-8,10H2,1-3H3,(H,20,24)/t12-,13-,16+,17+,18-/m0/s1. The molecule has 1 heterocycles. The number of hydrogen-bond donors (Lipinski definition) is 2. The molecule has 0 aromatic heterocycles. The Morgan fingerprint density at radius 2 is 2.12 bits per heavy atom. The zero-order valence-electron chi connectivity index (χ0n) is 14.6. The lowest BCUT2D eigenvalue weighted by molar-refractivity contribution is 0.0631. The average molecular weight is 329 g/mol. The third-order valence-corrected chi connectivity index (χ3v) is 6.39. The predicted molar refractivity (Wildman–Crippen MR) is 95.2 cm³/mol. The highest BCUT2D eigenvalue weighted by atomic mass is 16.3. The van der Waals surface area contributed by atoms with Gasteiger partial charge in [0.15, 0.2) is 0 Å². The summed E-state index contributed by atoms with van der Waals surface area (Å²) in [6.45, 7) is 5.08. The number of likely N-dealkylation sites (tertiary alicyclic amines) is 1. The minimum atomic E-state index is -0.335. The molecule has 2 aliphatic carbocycles. The van der Waals surface area contributed by atoms with Crippen LogP contribution in [0.2, 0.25) is 0 Å². The summed E-state index contributed by atoms with van der Waals surface area (Å²) < 4.78 is 0. The molecule has 2 saturated carbocycles. The Morgan fingerprint density at radius 1 is 1.33 bits per heavy atom. The highest BCUT2D eigenvalue weighted by Gasteiger charge is 2.59. The zero-order chi connectivity index (χ0) is 17.0. The number of amides is 2. The lowest BCUT2D eigenvalue weighted by Crippen LogP contribution is -2.45. The number of hydrogen-bond acceptors (Lipinski definition) is 3. The Hall–Kier alpha value is -1.75. The molecule has 0 spiro atoms. The first-order valence-corrected chi connectivity index (χ1v) is 9.04. The van der Waals surface area contributed by atoms with Crippen molar-refractivity contribution in [3.05, 3.63) is 24.3 Å². The van der Waals surface area contributed by atoms with Gasteiger partial charge in [0.1, 0.15) is 0 Å². The minimum absolute atomic E-state index is 0.0234. The van der Waals surface area contributed by atoms with E-state index in [-0.39, 0.29) is 18.2 Å². The third kappa shape index (κ3) is 2.37. The van der Waals surface area contributed by atoms with Crippen LogP contribution in [-0.2, 0) is 0 Å². The van der Waals surface area contributed by atoms with Gasteiger partial charge in [0.25, 0.3) is 0 Å². The molecule has 130 valence electrons. The fourth-order valence-corrected chi connectivity index (χ4v) is 4.95. The van der Waals surface area contributed by atoms with Crippen molar-refractivity contribution in [3.63, 3.8) is 0 Å². The molecule has 5 atom stereocenters. The van der Waals surface area contributed by atoms with Crippen LogP contribution < -0.4 is 10.2 Å². The largest absolute Gasteiger partial charge is 0.391 e. The Labute approximate surface area is 143 Å². The molecule has 24 heavy (non-hydrogen) atoms. The summed E-state index contributed by atoms with van der Waals surface area (Å²) in [7, 11) is 2.05. The Morgan fingerprint density at radius 3 is 2.83 bits per heavy atom. The summed E-state index contributed by atoms with van der Waals surface area (Å²) in [6.07, 6.45) is 1.84. The van der Waals surface area contributed by atoms with Crippen LogP contribution in [0.4, 0.5) is 16.2 Å². The normalized spacial score (nSPS) is 33.4. The molecule has 1 saturated heterocycles. The van der Waals surface area contributed by atoms with Crippen molar-refractivity contribution in [1.82, 2.24) is 4.90 Å². The van der Waals surface area contributed by atoms with Crippen LogP contribution in [-0.4, -0.2) is 47.8 Å². The maximum atomic E-state index is 12.8. The summed E-state index contributed by atoms with van der Waals surface area (Å²) >= 11 is 0. The van der Waals surface area contributed by atoms with E-state index in [0.29, 0.717) is 23.8 Å². The van der Waals surface area contributed by atoms with Gasteiger partial charge in [0.05, 0.1) is 12.1 Å². The van der Waals surface area contributed by atoms with Gasteiger partial charge >= 0.3 is 6.03 Å². The van der Waals surface area contributed by atoms with Crippen LogP contribution in [0.15, 0.2) is 24.3 Å². The number of aliphatic hydroxyl groups is 1. The van der Waals surface area contributed by atoms with Crippen LogP contribution in [0.1, 0.15) is 26.7 Å². The fraction of sp³-hybridized carbons (Fsp3) is 0.632. The van der Waals surface area contributed by atoms with E-state index in [1.54, 1.807) is 0 Å². The van der Waals surface area contributed by atoms with E-state index >= 15 is 0 Å². The first-order chi connectivity index (χ1) is 11.5. The molecule has 1 aromatic carbocycles. The van der Waals surface area contributed by atoms with Crippen LogP contribution in [0, 0.1) is 17.8 Å². The molecule has 3 fully saturated rings. The summed E-state index contributed by atoms with van der Waals surface area (Å²) in [5, 5.41) is 13.5. The van der Waals surface area contributed by atoms with E-state index in [1.165, 1.54) is 0 Å². The SMILES string of the molecule is CC(C)N(C)c1cccc(NC(=O)N2C[C@@H]3C[C@H]4C[C@H]3[C@@H]2[C@H]4O)c1. The van der Waals surface area contributed by atoms with E-state index in [0.717, 1.165) is 30.8 Å². The van der Waals surface area contributed by atoms with E-state index in [2.05, 4.69) is 37.2 Å². The smallest absolute Gasteiger partial charge is 0.322 e. The molecular weight excluding hydrogens is 302 g/mol. The molecule has 3 aliphatic rings. The Kier molecular flexibility index (Phi) is 3.71. The zero-order valence-corrected chi connectivity index (χ0v) is 14.6. The number of rotatable bonds is 3. The van der Waals surface area contributed by atoms with Gasteiger partial charge in [-0.15, -0.1) is 0 Å². The van der Waals surface area contributed by atoms with Crippen LogP contribution >= 0.6 is 0 Å². The molecule has 0 unspecified atom stereocenters. The lowest BCUT2D eigenvalue weighted by Gasteiger charge is -2.29. The molecule has 2 N–H and O–H groups in total. The average Bonchev–Trinajstić information content (AvgIpc) is 3.16. The third-order valence-electron chi connectivity index (χ3n) is 6.39. The van der Waals surface area contributed by atoms with E-state index < -0.39 is 0 Å². The number of aliphatic hydroxyl groups excluding tert-OH is 1. The summed E-state index contributed by atoms with van der Waals surface area (Å²) in [5.74, 6) is 1.51. The Balaban J connectivity index is 1.48. The number of urea groups is 1. The van der Waals surface area contributed by atoms with Crippen LogP contribution in [0.3, 0.4) is 0 Å². The number of nitrogens with zero attached hydrogens (tertiary/aromatic N) is 2. The topological polar surface area (TPSA) is 55.8 Å². The van der Waals surface area contributed by atoms with Gasteiger partial charge in [-0.3, -0.25) is 0 Å². The number of nitrogens with one attached hydrogen (secondary N) is 1. The van der Waals surface area contributed by atoms with Crippen molar-refractivity contribution in [1.29, 1.82) is 0 Å². The molecule has 2 amide bonds. The second-order valence-corrected chi connectivity index (χ2v) is 7.97. The van der Waals surface area contributed by atoms with Gasteiger partial charge in [-0.25, -0.2) is 4.79 Å². The van der Waals surface area contributed by atoms with Gasteiger partial charge in [-0.05, 0) is 62.6 Å². The first-order valence-electron chi connectivity index (χ1n) is 9.04. The maximum Gasteiger partial charge on any atom is 0.322 e. The number of benzene rings is 1. The monoisotopic (exact) mass is 329 g/mol. The second kappa shape index (κ2) is 5.66. The number of carbonyl (C=O) groups is 1. The predicted octanol–water partition coefficient (Wildman–Crippen LogP) is 2.76. The van der Waals surface area contributed by atoms with Gasteiger partial charge in [-0.2, -0.15) is 0 Å². The maximum absolute atomic E-state index is 12.8. The quantitative estimate of drug-likeness (QED) is 0.896. The van der Waals surface area contributed by atoms with Crippen molar-refractivity contribution >= 4 is 17.4 Å². The van der Waals surface area contributed by atoms with Gasteiger partial charge in [-0.1, -0.05) is 6.07 Å². The molecular formula is C19H27N3O2. The lowest BCUT2D eigenvalue weighted by atomic mass is 9.88. The number of carbonyl (C=O) groups excluding carboxylic acids is 1. The van der Waals surface area contributed by atoms with Crippen LogP contribution in [0.25, 0.3) is 0 Å². The molecule has 1 aromatic rings. The van der Waals surface area contributed by atoms with E-state index in [9.17, 15) is 9.90 Å². The van der Waals surface area contributed by atoms with Crippen molar-refractivity contribution in [2.45, 2.75) is 44.9 Å². The second-order valence-electron chi connectivity index (χ2n) is 7.97. The van der Waals surface area contributed by atoms with Gasteiger partial charge in [0, 0.05) is 31.0 Å².